The summed E-state index contributed by atoms with van der Waals surface area (Å²) in [6, 6.07) is -0.0183. The van der Waals surface area contributed by atoms with Gasteiger partial charge in [-0.05, 0) is 20.8 Å². The second-order valence-electron chi connectivity index (χ2n) is 5.33. The summed E-state index contributed by atoms with van der Waals surface area (Å²) in [6.45, 7) is 5.85. The molecule has 1 aliphatic heterocycles. The summed E-state index contributed by atoms with van der Waals surface area (Å²) in [5.74, 6) is -0.0385. The van der Waals surface area contributed by atoms with Gasteiger partial charge in [0.1, 0.15) is 0 Å². The maximum absolute atomic E-state index is 12.3. The second kappa shape index (κ2) is 4.63. The summed E-state index contributed by atoms with van der Waals surface area (Å²) < 4.78 is 24.1. The molecule has 1 aromatic rings. The summed E-state index contributed by atoms with van der Waals surface area (Å²) in [6.07, 6.45) is 1.56. The Labute approximate surface area is 113 Å². The van der Waals surface area contributed by atoms with E-state index >= 15 is 0 Å². The van der Waals surface area contributed by atoms with Gasteiger partial charge in [-0.3, -0.25) is 9.48 Å². The number of carbonyl (C=O) groups is 1. The number of hydrogen-bond donors (Lipinski definition) is 0. The van der Waals surface area contributed by atoms with Crippen molar-refractivity contribution in [1.29, 1.82) is 0 Å². The first-order valence-corrected chi connectivity index (χ1v) is 8.07. The van der Waals surface area contributed by atoms with E-state index in [-0.39, 0.29) is 29.5 Å². The third kappa shape index (κ3) is 2.51. The van der Waals surface area contributed by atoms with Gasteiger partial charge in [-0.15, -0.1) is 0 Å². The molecule has 0 atom stereocenters. The number of aromatic nitrogens is 2. The van der Waals surface area contributed by atoms with E-state index in [0.717, 1.165) is 5.69 Å². The standard InChI is InChI=1S/C12H19N3O3S/c1-8(2)15-9(3)11(5-13-15)12(16)14(4)10-6-19(17,18)7-10/h5,8,10H,6-7H2,1-4H3. The molecule has 2 heterocycles. The Morgan fingerprint density at radius 2 is 2.05 bits per heavy atom. The SMILES string of the molecule is Cc1c(C(=O)N(C)C2CS(=O)(=O)C2)cnn1C(C)C. The zero-order valence-corrected chi connectivity index (χ0v) is 12.4. The normalized spacial score (nSPS) is 18.4. The first-order valence-electron chi connectivity index (χ1n) is 6.24. The first-order chi connectivity index (χ1) is 8.73. The molecule has 0 bridgehead atoms. The molecule has 1 aromatic heterocycles. The van der Waals surface area contributed by atoms with Gasteiger partial charge in [-0.2, -0.15) is 5.10 Å². The fourth-order valence-electron chi connectivity index (χ4n) is 2.27. The minimum atomic E-state index is -2.92. The van der Waals surface area contributed by atoms with E-state index in [1.165, 1.54) is 4.90 Å². The van der Waals surface area contributed by atoms with E-state index in [9.17, 15) is 13.2 Å². The lowest BCUT2D eigenvalue weighted by atomic mass is 10.2. The molecule has 1 amide bonds. The monoisotopic (exact) mass is 285 g/mol. The molecule has 106 valence electrons. The Morgan fingerprint density at radius 3 is 2.47 bits per heavy atom. The van der Waals surface area contributed by atoms with Crippen LogP contribution in [-0.4, -0.2) is 53.6 Å². The highest BCUT2D eigenvalue weighted by atomic mass is 32.2. The Kier molecular flexibility index (Phi) is 3.42. The molecule has 0 unspecified atom stereocenters. The van der Waals surface area contributed by atoms with Crippen LogP contribution in [0.15, 0.2) is 6.20 Å². The fourth-order valence-corrected chi connectivity index (χ4v) is 3.79. The highest BCUT2D eigenvalue weighted by Crippen LogP contribution is 2.20. The minimum absolute atomic E-state index is 0.0621. The Morgan fingerprint density at radius 1 is 1.47 bits per heavy atom. The third-order valence-corrected chi connectivity index (χ3v) is 5.31. The Hall–Kier alpha value is -1.37. The smallest absolute Gasteiger partial charge is 0.257 e. The van der Waals surface area contributed by atoms with Crippen LogP contribution in [0.4, 0.5) is 0 Å². The van der Waals surface area contributed by atoms with Crippen molar-refractivity contribution >= 4 is 15.7 Å². The molecule has 0 radical (unpaired) electrons. The molecule has 1 saturated heterocycles. The van der Waals surface area contributed by atoms with Crippen molar-refractivity contribution in [3.8, 4) is 0 Å². The molecule has 2 rings (SSSR count). The first kappa shape index (κ1) is 14.0. The van der Waals surface area contributed by atoms with E-state index in [1.807, 2.05) is 20.8 Å². The van der Waals surface area contributed by atoms with Gasteiger partial charge in [0.2, 0.25) is 0 Å². The van der Waals surface area contributed by atoms with Gasteiger partial charge < -0.3 is 4.90 Å². The van der Waals surface area contributed by atoms with Crippen molar-refractivity contribution in [3.63, 3.8) is 0 Å². The zero-order chi connectivity index (χ0) is 14.4. The molecule has 0 N–H and O–H groups in total. The highest BCUT2D eigenvalue weighted by Gasteiger charge is 2.38. The van der Waals surface area contributed by atoms with E-state index in [4.69, 9.17) is 0 Å². The highest BCUT2D eigenvalue weighted by molar-refractivity contribution is 7.92. The third-order valence-electron chi connectivity index (χ3n) is 3.52. The summed E-state index contributed by atoms with van der Waals surface area (Å²) >= 11 is 0. The quantitative estimate of drug-likeness (QED) is 0.817. The van der Waals surface area contributed by atoms with E-state index < -0.39 is 9.84 Å². The molecule has 19 heavy (non-hydrogen) atoms. The van der Waals surface area contributed by atoms with Crippen LogP contribution in [0, 0.1) is 6.92 Å². The van der Waals surface area contributed by atoms with Crippen molar-refractivity contribution in [2.75, 3.05) is 18.6 Å². The van der Waals surface area contributed by atoms with Crippen molar-refractivity contribution in [2.45, 2.75) is 32.9 Å². The van der Waals surface area contributed by atoms with Gasteiger partial charge in [0.25, 0.3) is 5.91 Å². The molecule has 1 fully saturated rings. The average molecular weight is 285 g/mol. The molecular weight excluding hydrogens is 266 g/mol. The van der Waals surface area contributed by atoms with Crippen LogP contribution in [0.25, 0.3) is 0 Å². The Bertz CT molecular complexity index is 592. The van der Waals surface area contributed by atoms with Crippen molar-refractivity contribution in [2.24, 2.45) is 0 Å². The molecule has 6 nitrogen and oxygen atoms in total. The number of sulfone groups is 1. The maximum atomic E-state index is 12.3. The van der Waals surface area contributed by atoms with Gasteiger partial charge in [0, 0.05) is 18.8 Å². The Balaban J connectivity index is 2.16. The average Bonchev–Trinajstić information content (AvgIpc) is 2.66. The lowest BCUT2D eigenvalue weighted by Gasteiger charge is -2.34. The summed E-state index contributed by atoms with van der Waals surface area (Å²) in [5, 5.41) is 4.20. The summed E-state index contributed by atoms with van der Waals surface area (Å²) in [4.78, 5) is 13.8. The van der Waals surface area contributed by atoms with Gasteiger partial charge in [0.15, 0.2) is 9.84 Å². The van der Waals surface area contributed by atoms with E-state index in [2.05, 4.69) is 5.10 Å². The number of hydrogen-bond acceptors (Lipinski definition) is 4. The van der Waals surface area contributed by atoms with Gasteiger partial charge in [-0.25, -0.2) is 8.42 Å². The van der Waals surface area contributed by atoms with Crippen LogP contribution in [0.2, 0.25) is 0 Å². The molecule has 1 aliphatic rings. The van der Waals surface area contributed by atoms with Gasteiger partial charge in [-0.1, -0.05) is 0 Å². The summed E-state index contributed by atoms with van der Waals surface area (Å²) in [7, 11) is -1.28. The van der Waals surface area contributed by atoms with E-state index in [0.29, 0.717) is 5.56 Å². The molecule has 0 aromatic carbocycles. The second-order valence-corrected chi connectivity index (χ2v) is 7.48. The van der Waals surface area contributed by atoms with Crippen molar-refractivity contribution in [3.05, 3.63) is 17.5 Å². The topological polar surface area (TPSA) is 72.3 Å². The largest absolute Gasteiger partial charge is 0.337 e. The zero-order valence-electron chi connectivity index (χ0n) is 11.6. The lowest BCUT2D eigenvalue weighted by molar-refractivity contribution is 0.0749. The van der Waals surface area contributed by atoms with E-state index in [1.54, 1.807) is 17.9 Å². The number of rotatable bonds is 3. The van der Waals surface area contributed by atoms with Gasteiger partial charge in [0.05, 0.1) is 29.3 Å². The predicted molar refractivity (Wildman–Crippen MR) is 71.9 cm³/mol. The predicted octanol–water partition coefficient (Wildman–Crippen LogP) is 0.641. The number of carbonyl (C=O) groups excluding carboxylic acids is 1. The minimum Gasteiger partial charge on any atom is -0.337 e. The summed E-state index contributed by atoms with van der Waals surface area (Å²) in [5.41, 5.74) is 1.36. The van der Waals surface area contributed by atoms with Crippen LogP contribution in [0.1, 0.15) is 35.9 Å². The van der Waals surface area contributed by atoms with Gasteiger partial charge >= 0.3 is 0 Å². The maximum Gasteiger partial charge on any atom is 0.257 e. The molecule has 0 aliphatic carbocycles. The fraction of sp³-hybridized carbons (Fsp3) is 0.667. The molecule has 0 spiro atoms. The van der Waals surface area contributed by atoms with Crippen LogP contribution < -0.4 is 0 Å². The molecule has 0 saturated carbocycles. The molecule has 7 heteroatoms. The molecular formula is C12H19N3O3S. The van der Waals surface area contributed by atoms with Crippen LogP contribution in [-0.2, 0) is 9.84 Å². The van der Waals surface area contributed by atoms with Crippen molar-refractivity contribution in [1.82, 2.24) is 14.7 Å². The number of amides is 1. The van der Waals surface area contributed by atoms with Crippen LogP contribution >= 0.6 is 0 Å². The van der Waals surface area contributed by atoms with Crippen molar-refractivity contribution < 1.29 is 13.2 Å². The number of nitrogens with zero attached hydrogens (tertiary/aromatic N) is 3. The van der Waals surface area contributed by atoms with Crippen LogP contribution in [0.5, 0.6) is 0 Å². The lowest BCUT2D eigenvalue weighted by Crippen LogP contribution is -2.53. The van der Waals surface area contributed by atoms with Crippen LogP contribution in [0.3, 0.4) is 0 Å².